The minimum Gasteiger partial charge on any atom is -0.355 e. The topological polar surface area (TPSA) is 86.8 Å². The highest BCUT2D eigenvalue weighted by atomic mass is 35.5. The summed E-state index contributed by atoms with van der Waals surface area (Å²) in [6, 6.07) is 13.3. The highest BCUT2D eigenvalue weighted by Gasteiger charge is 2.30. The van der Waals surface area contributed by atoms with Crippen molar-refractivity contribution < 1.29 is 18.0 Å². The number of sulfonamides is 1. The van der Waals surface area contributed by atoms with Crippen LogP contribution in [-0.4, -0.2) is 50.5 Å². The van der Waals surface area contributed by atoms with E-state index < -0.39 is 28.5 Å². The summed E-state index contributed by atoms with van der Waals surface area (Å²) in [7, 11) is -3.76. The number of nitrogens with zero attached hydrogens (tertiary/aromatic N) is 2. The largest absolute Gasteiger partial charge is 0.355 e. The fourth-order valence-corrected chi connectivity index (χ4v) is 4.40. The first kappa shape index (κ1) is 26.7. The van der Waals surface area contributed by atoms with Crippen molar-refractivity contribution in [1.82, 2.24) is 10.2 Å². The molecule has 0 fully saturated rings. The van der Waals surface area contributed by atoms with Crippen LogP contribution in [0.15, 0.2) is 48.5 Å². The lowest BCUT2D eigenvalue weighted by Gasteiger charge is -2.31. The highest BCUT2D eigenvalue weighted by Crippen LogP contribution is 2.23. The minimum absolute atomic E-state index is 0.0701. The number of anilines is 1. The predicted molar refractivity (Wildman–Crippen MR) is 133 cm³/mol. The summed E-state index contributed by atoms with van der Waals surface area (Å²) in [6.07, 6.45) is 1.06. The third-order valence-electron chi connectivity index (χ3n) is 5.34. The van der Waals surface area contributed by atoms with E-state index in [4.69, 9.17) is 11.6 Å². The summed E-state index contributed by atoms with van der Waals surface area (Å²) >= 11 is 6.29. The molecular formula is C24H32ClN3O4S. The number of nitrogens with one attached hydrogen (secondary N) is 1. The smallest absolute Gasteiger partial charge is 0.244 e. The summed E-state index contributed by atoms with van der Waals surface area (Å²) in [4.78, 5) is 27.3. The number of hydrogen-bond donors (Lipinski definition) is 1. The number of rotatable bonds is 10. The second-order valence-electron chi connectivity index (χ2n) is 8.20. The van der Waals surface area contributed by atoms with E-state index >= 15 is 0 Å². The Bertz CT molecular complexity index is 1070. The van der Waals surface area contributed by atoms with E-state index in [1.165, 1.54) is 4.90 Å². The molecule has 0 bridgehead atoms. The van der Waals surface area contributed by atoms with Gasteiger partial charge in [0.25, 0.3) is 0 Å². The zero-order chi connectivity index (χ0) is 24.8. The monoisotopic (exact) mass is 493 g/mol. The number of amides is 2. The van der Waals surface area contributed by atoms with Gasteiger partial charge in [0.2, 0.25) is 21.8 Å². The molecule has 0 aliphatic heterocycles. The van der Waals surface area contributed by atoms with E-state index in [1.807, 2.05) is 26.0 Å². The first-order valence-corrected chi connectivity index (χ1v) is 13.1. The normalized spacial score (nSPS) is 12.3. The lowest BCUT2D eigenvalue weighted by molar-refractivity contribution is -0.139. The fourth-order valence-electron chi connectivity index (χ4n) is 3.35. The molecule has 33 heavy (non-hydrogen) atoms. The Morgan fingerprint density at radius 2 is 1.64 bits per heavy atom. The zero-order valence-corrected chi connectivity index (χ0v) is 21.3. The molecule has 2 aromatic carbocycles. The lowest BCUT2D eigenvalue weighted by atomic mass is 10.0. The van der Waals surface area contributed by atoms with E-state index in [2.05, 4.69) is 5.32 Å². The molecule has 0 saturated carbocycles. The molecule has 7 nitrogen and oxygen atoms in total. The zero-order valence-electron chi connectivity index (χ0n) is 19.7. The van der Waals surface area contributed by atoms with Gasteiger partial charge in [0, 0.05) is 18.1 Å². The van der Waals surface area contributed by atoms with Crippen molar-refractivity contribution in [3.63, 3.8) is 0 Å². The Morgan fingerprint density at radius 1 is 1.03 bits per heavy atom. The molecule has 0 aromatic heterocycles. The maximum Gasteiger partial charge on any atom is 0.244 e. The van der Waals surface area contributed by atoms with Gasteiger partial charge in [-0.3, -0.25) is 13.9 Å². The quantitative estimate of drug-likeness (QED) is 0.545. The number of carbonyl (C=O) groups excluding carboxylic acids is 2. The van der Waals surface area contributed by atoms with Gasteiger partial charge >= 0.3 is 0 Å². The molecule has 0 heterocycles. The lowest BCUT2D eigenvalue weighted by Crippen LogP contribution is -2.51. The standard InChI is InChI=1S/C24H32ClN3O4S/c1-6-26-24(30)18(4)27(15-20-9-7-8-10-22(20)25)23(29)16-28(33(5,31)32)21-13-11-19(12-14-21)17(2)3/h7-14,17-18H,6,15-16H2,1-5H3,(H,26,30). The van der Waals surface area contributed by atoms with Gasteiger partial charge in [-0.15, -0.1) is 0 Å². The number of halogens is 1. The third-order valence-corrected chi connectivity index (χ3v) is 6.85. The Labute approximate surface area is 201 Å². The molecule has 0 spiro atoms. The maximum absolute atomic E-state index is 13.4. The van der Waals surface area contributed by atoms with Gasteiger partial charge in [0.15, 0.2) is 0 Å². The predicted octanol–water partition coefficient (Wildman–Crippen LogP) is 3.78. The van der Waals surface area contributed by atoms with Gasteiger partial charge in [0.1, 0.15) is 12.6 Å². The molecule has 9 heteroatoms. The van der Waals surface area contributed by atoms with Crippen molar-refractivity contribution in [3.8, 4) is 0 Å². The molecule has 0 aliphatic carbocycles. The Balaban J connectivity index is 2.39. The van der Waals surface area contributed by atoms with Crippen LogP contribution in [0.2, 0.25) is 5.02 Å². The summed E-state index contributed by atoms with van der Waals surface area (Å²) in [5.74, 6) is -0.548. The second-order valence-corrected chi connectivity index (χ2v) is 10.5. The molecule has 1 unspecified atom stereocenters. The number of carbonyl (C=O) groups is 2. The van der Waals surface area contributed by atoms with E-state index in [-0.39, 0.29) is 18.4 Å². The molecule has 2 aromatic rings. The number of likely N-dealkylation sites (N-methyl/N-ethyl adjacent to an activating group) is 1. The number of benzene rings is 2. The molecule has 2 amide bonds. The van der Waals surface area contributed by atoms with Crippen molar-refractivity contribution in [2.24, 2.45) is 0 Å². The van der Waals surface area contributed by atoms with Crippen LogP contribution in [0.25, 0.3) is 0 Å². The third kappa shape index (κ3) is 7.20. The van der Waals surface area contributed by atoms with Gasteiger partial charge < -0.3 is 10.2 Å². The molecule has 2 rings (SSSR count). The van der Waals surface area contributed by atoms with Crippen molar-refractivity contribution >= 4 is 39.1 Å². The summed E-state index contributed by atoms with van der Waals surface area (Å²) in [5.41, 5.74) is 2.11. The maximum atomic E-state index is 13.4. The molecule has 0 aliphatic rings. The molecular weight excluding hydrogens is 462 g/mol. The first-order valence-electron chi connectivity index (χ1n) is 10.8. The van der Waals surface area contributed by atoms with Crippen molar-refractivity contribution in [1.29, 1.82) is 0 Å². The summed E-state index contributed by atoms with van der Waals surface area (Å²) in [5, 5.41) is 3.18. The SMILES string of the molecule is CCNC(=O)C(C)N(Cc1ccccc1Cl)C(=O)CN(c1ccc(C(C)C)cc1)S(C)(=O)=O. The Hall–Kier alpha value is -2.58. The molecule has 0 saturated heterocycles. The van der Waals surface area contributed by atoms with Gasteiger partial charge in [-0.2, -0.15) is 0 Å². The van der Waals surface area contributed by atoms with Crippen molar-refractivity contribution in [3.05, 3.63) is 64.7 Å². The van der Waals surface area contributed by atoms with Crippen LogP contribution in [0.5, 0.6) is 0 Å². The van der Waals surface area contributed by atoms with Crippen LogP contribution in [0.4, 0.5) is 5.69 Å². The average Bonchev–Trinajstić information content (AvgIpc) is 2.75. The van der Waals surface area contributed by atoms with Crippen LogP contribution in [0, 0.1) is 0 Å². The van der Waals surface area contributed by atoms with Crippen LogP contribution < -0.4 is 9.62 Å². The average molecular weight is 494 g/mol. The van der Waals surface area contributed by atoms with Crippen LogP contribution in [0.3, 0.4) is 0 Å². The van der Waals surface area contributed by atoms with Crippen LogP contribution >= 0.6 is 11.6 Å². The Morgan fingerprint density at radius 3 is 2.15 bits per heavy atom. The van der Waals surface area contributed by atoms with E-state index in [1.54, 1.807) is 50.2 Å². The summed E-state index contributed by atoms with van der Waals surface area (Å²) < 4.78 is 26.2. The van der Waals surface area contributed by atoms with Crippen LogP contribution in [0.1, 0.15) is 44.7 Å². The molecule has 180 valence electrons. The minimum atomic E-state index is -3.76. The van der Waals surface area contributed by atoms with Gasteiger partial charge in [-0.1, -0.05) is 55.8 Å². The van der Waals surface area contributed by atoms with Gasteiger partial charge in [-0.05, 0) is 49.1 Å². The van der Waals surface area contributed by atoms with Crippen LogP contribution in [-0.2, 0) is 26.2 Å². The van der Waals surface area contributed by atoms with Gasteiger partial charge in [0.05, 0.1) is 11.9 Å². The van der Waals surface area contributed by atoms with Crippen molar-refractivity contribution in [2.75, 3.05) is 23.7 Å². The Kier molecular flexibility index (Phi) is 9.31. The van der Waals surface area contributed by atoms with E-state index in [9.17, 15) is 18.0 Å². The van der Waals surface area contributed by atoms with E-state index in [0.29, 0.717) is 22.8 Å². The number of hydrogen-bond acceptors (Lipinski definition) is 4. The fraction of sp³-hybridized carbons (Fsp3) is 0.417. The van der Waals surface area contributed by atoms with Crippen molar-refractivity contribution in [2.45, 2.75) is 46.2 Å². The molecule has 0 radical (unpaired) electrons. The summed E-state index contributed by atoms with van der Waals surface area (Å²) in [6.45, 7) is 7.53. The van der Waals surface area contributed by atoms with Gasteiger partial charge in [-0.25, -0.2) is 8.42 Å². The van der Waals surface area contributed by atoms with E-state index in [0.717, 1.165) is 16.1 Å². The molecule has 1 N–H and O–H groups in total. The molecule has 1 atom stereocenters. The first-order chi connectivity index (χ1) is 15.5. The second kappa shape index (κ2) is 11.5. The highest BCUT2D eigenvalue weighted by molar-refractivity contribution is 7.92.